The van der Waals surface area contributed by atoms with Crippen molar-refractivity contribution in [1.82, 2.24) is 0 Å². The second-order valence-electron chi connectivity index (χ2n) is 4.44. The third-order valence-electron chi connectivity index (χ3n) is 2.96. The van der Waals surface area contributed by atoms with Crippen molar-refractivity contribution in [3.63, 3.8) is 0 Å². The summed E-state index contributed by atoms with van der Waals surface area (Å²) < 4.78 is 5.20. The van der Waals surface area contributed by atoms with E-state index >= 15 is 0 Å². The van der Waals surface area contributed by atoms with Crippen LogP contribution in [0.2, 0.25) is 0 Å². The van der Waals surface area contributed by atoms with Crippen LogP contribution in [-0.4, -0.2) is 18.3 Å². The minimum Gasteiger partial charge on any atom is -0.497 e. The minimum atomic E-state index is -0.235. The molecule has 0 fully saturated rings. The van der Waals surface area contributed by atoms with Crippen molar-refractivity contribution in [1.29, 1.82) is 0 Å². The van der Waals surface area contributed by atoms with Crippen LogP contribution in [0.15, 0.2) is 36.4 Å². The molecule has 2 nitrogen and oxygen atoms in total. The Hall–Kier alpha value is -1.54. The Morgan fingerprint density at radius 2 is 1.82 bits per heavy atom. The quantitative estimate of drug-likeness (QED) is 0.874. The summed E-state index contributed by atoms with van der Waals surface area (Å²) in [5.74, 6) is 0.884. The molecule has 0 saturated heterocycles. The summed E-state index contributed by atoms with van der Waals surface area (Å²) in [7, 11) is 1.68. The lowest BCUT2D eigenvalue weighted by Crippen LogP contribution is -2.01. The van der Waals surface area contributed by atoms with Gasteiger partial charge >= 0.3 is 0 Å². The summed E-state index contributed by atoms with van der Waals surface area (Å²) in [4.78, 5) is 0. The Kier molecular flexibility index (Phi) is 3.64. The second-order valence-corrected chi connectivity index (χ2v) is 4.44. The highest BCUT2D eigenvalue weighted by molar-refractivity contribution is 5.84. The molecule has 0 amide bonds. The van der Waals surface area contributed by atoms with Crippen molar-refractivity contribution in [3.05, 3.63) is 42.0 Å². The Balaban J connectivity index is 2.25. The first-order valence-corrected chi connectivity index (χ1v) is 5.94. The highest BCUT2D eigenvalue weighted by atomic mass is 16.5. The van der Waals surface area contributed by atoms with Gasteiger partial charge in [0.05, 0.1) is 13.2 Å². The molecule has 0 heterocycles. The van der Waals surface area contributed by atoms with Gasteiger partial charge in [0.2, 0.25) is 0 Å². The van der Waals surface area contributed by atoms with Gasteiger partial charge in [0.25, 0.3) is 0 Å². The highest BCUT2D eigenvalue weighted by Gasteiger charge is 2.01. The predicted octanol–water partition coefficient (Wildman–Crippen LogP) is 3.16. The van der Waals surface area contributed by atoms with Gasteiger partial charge in [-0.25, -0.2) is 0 Å². The van der Waals surface area contributed by atoms with Crippen LogP contribution in [0.5, 0.6) is 5.75 Å². The molecule has 1 N–H and O–H groups in total. The van der Waals surface area contributed by atoms with E-state index in [0.29, 0.717) is 0 Å². The normalized spacial score (nSPS) is 12.6. The largest absolute Gasteiger partial charge is 0.497 e. The Morgan fingerprint density at radius 1 is 1.12 bits per heavy atom. The molecule has 2 rings (SSSR count). The minimum absolute atomic E-state index is 0.235. The van der Waals surface area contributed by atoms with Gasteiger partial charge in [0.15, 0.2) is 0 Å². The van der Waals surface area contributed by atoms with E-state index in [1.165, 1.54) is 16.3 Å². The van der Waals surface area contributed by atoms with E-state index in [0.717, 1.165) is 18.6 Å². The number of rotatable bonds is 4. The van der Waals surface area contributed by atoms with Gasteiger partial charge in [-0.2, -0.15) is 0 Å². The number of hydrogen-bond donors (Lipinski definition) is 1. The zero-order chi connectivity index (χ0) is 12.3. The third kappa shape index (κ3) is 2.98. The lowest BCUT2D eigenvalue weighted by Gasteiger charge is -2.07. The van der Waals surface area contributed by atoms with Gasteiger partial charge in [-0.3, -0.25) is 0 Å². The van der Waals surface area contributed by atoms with E-state index in [-0.39, 0.29) is 6.10 Å². The van der Waals surface area contributed by atoms with Gasteiger partial charge in [-0.15, -0.1) is 0 Å². The SMILES string of the molecule is COc1ccc2cc(CC[C@H](C)O)ccc2c1. The monoisotopic (exact) mass is 230 g/mol. The molecule has 2 aromatic carbocycles. The van der Waals surface area contributed by atoms with Crippen LogP contribution in [0.25, 0.3) is 10.8 Å². The number of ether oxygens (including phenoxy) is 1. The van der Waals surface area contributed by atoms with E-state index in [4.69, 9.17) is 4.74 Å². The number of fused-ring (bicyclic) bond motifs is 1. The maximum atomic E-state index is 9.28. The maximum Gasteiger partial charge on any atom is 0.119 e. The molecule has 0 aliphatic rings. The smallest absolute Gasteiger partial charge is 0.119 e. The molecule has 1 atom stereocenters. The summed E-state index contributed by atoms with van der Waals surface area (Å²) in [6.07, 6.45) is 1.49. The maximum absolute atomic E-state index is 9.28. The lowest BCUT2D eigenvalue weighted by atomic mass is 10.0. The third-order valence-corrected chi connectivity index (χ3v) is 2.96. The molecule has 2 aromatic rings. The Bertz CT molecular complexity index is 503. The van der Waals surface area contributed by atoms with Gasteiger partial charge < -0.3 is 9.84 Å². The van der Waals surface area contributed by atoms with Crippen LogP contribution in [-0.2, 0) is 6.42 Å². The highest BCUT2D eigenvalue weighted by Crippen LogP contribution is 2.22. The van der Waals surface area contributed by atoms with Crippen LogP contribution < -0.4 is 4.74 Å². The van der Waals surface area contributed by atoms with Crippen molar-refractivity contribution >= 4 is 10.8 Å². The van der Waals surface area contributed by atoms with Gasteiger partial charge in [0.1, 0.15) is 5.75 Å². The fourth-order valence-corrected chi connectivity index (χ4v) is 1.93. The molecule has 0 spiro atoms. The van der Waals surface area contributed by atoms with Crippen molar-refractivity contribution in [2.45, 2.75) is 25.9 Å². The molecule has 0 saturated carbocycles. The standard InChI is InChI=1S/C15H18O2/c1-11(16)3-4-12-5-6-14-10-15(17-2)8-7-13(14)9-12/h5-11,16H,3-4H2,1-2H3/t11-/m0/s1. The van der Waals surface area contributed by atoms with Crippen LogP contribution in [0.3, 0.4) is 0 Å². The van der Waals surface area contributed by atoms with Crippen LogP contribution in [0.1, 0.15) is 18.9 Å². The molecule has 0 aliphatic heterocycles. The first kappa shape index (κ1) is 11.9. The number of benzene rings is 2. The lowest BCUT2D eigenvalue weighted by molar-refractivity contribution is 0.185. The number of aryl methyl sites for hydroxylation is 1. The molecule has 0 aromatic heterocycles. The van der Waals surface area contributed by atoms with Gasteiger partial charge in [0, 0.05) is 0 Å². The Labute approximate surface area is 102 Å². The summed E-state index contributed by atoms with van der Waals surface area (Å²) in [6, 6.07) is 12.5. The van der Waals surface area contributed by atoms with Crippen LogP contribution in [0, 0.1) is 0 Å². The first-order chi connectivity index (χ1) is 8.19. The van der Waals surface area contributed by atoms with Crippen LogP contribution in [0.4, 0.5) is 0 Å². The van der Waals surface area contributed by atoms with E-state index in [9.17, 15) is 5.11 Å². The molecule has 90 valence electrons. The summed E-state index contributed by atoms with van der Waals surface area (Å²) in [6.45, 7) is 1.83. The Morgan fingerprint density at radius 3 is 2.53 bits per heavy atom. The molecule has 17 heavy (non-hydrogen) atoms. The van der Waals surface area contributed by atoms with Crippen molar-refractivity contribution < 1.29 is 9.84 Å². The zero-order valence-corrected chi connectivity index (χ0v) is 10.3. The molecular formula is C15H18O2. The number of methoxy groups -OCH3 is 1. The molecule has 0 unspecified atom stereocenters. The zero-order valence-electron chi connectivity index (χ0n) is 10.3. The summed E-state index contributed by atoms with van der Waals surface area (Å²) in [5.41, 5.74) is 1.27. The average Bonchev–Trinajstić information content (AvgIpc) is 2.35. The van der Waals surface area contributed by atoms with Crippen molar-refractivity contribution in [2.75, 3.05) is 7.11 Å². The molecular weight excluding hydrogens is 212 g/mol. The number of aliphatic hydroxyl groups is 1. The fraction of sp³-hybridized carbons (Fsp3) is 0.333. The number of aliphatic hydroxyl groups excluding tert-OH is 1. The number of hydrogen-bond acceptors (Lipinski definition) is 2. The van der Waals surface area contributed by atoms with Crippen LogP contribution >= 0.6 is 0 Å². The topological polar surface area (TPSA) is 29.5 Å². The van der Waals surface area contributed by atoms with Gasteiger partial charge in [-0.1, -0.05) is 24.3 Å². The average molecular weight is 230 g/mol. The van der Waals surface area contributed by atoms with E-state index in [1.807, 2.05) is 19.1 Å². The van der Waals surface area contributed by atoms with Gasteiger partial charge in [-0.05, 0) is 48.2 Å². The summed E-state index contributed by atoms with van der Waals surface area (Å²) in [5, 5.41) is 11.7. The molecule has 2 heteroatoms. The predicted molar refractivity (Wildman–Crippen MR) is 70.5 cm³/mol. The molecule has 0 bridgehead atoms. The second kappa shape index (κ2) is 5.19. The molecule has 0 radical (unpaired) electrons. The summed E-state index contributed by atoms with van der Waals surface area (Å²) >= 11 is 0. The van der Waals surface area contributed by atoms with Crippen molar-refractivity contribution in [2.24, 2.45) is 0 Å². The fourth-order valence-electron chi connectivity index (χ4n) is 1.93. The van der Waals surface area contributed by atoms with E-state index in [1.54, 1.807) is 7.11 Å². The van der Waals surface area contributed by atoms with E-state index in [2.05, 4.69) is 24.3 Å². The van der Waals surface area contributed by atoms with Crippen molar-refractivity contribution in [3.8, 4) is 5.75 Å². The molecule has 0 aliphatic carbocycles. The van der Waals surface area contributed by atoms with E-state index < -0.39 is 0 Å². The first-order valence-electron chi connectivity index (χ1n) is 5.94.